The number of carbonyl (C=O) groups is 1. The summed E-state index contributed by atoms with van der Waals surface area (Å²) < 4.78 is 1.75. The van der Waals surface area contributed by atoms with E-state index in [1.165, 1.54) is 11.9 Å². The number of nitrogens with zero attached hydrogens (tertiary/aromatic N) is 3. The molecule has 3 aromatic rings. The summed E-state index contributed by atoms with van der Waals surface area (Å²) in [5.74, 6) is 0.388. The van der Waals surface area contributed by atoms with Crippen LogP contribution in [0.5, 0.6) is 0 Å². The third kappa shape index (κ3) is 4.76. The highest BCUT2D eigenvalue weighted by molar-refractivity contribution is 5.94. The smallest absolute Gasteiger partial charge is 0.251 e. The van der Waals surface area contributed by atoms with Crippen molar-refractivity contribution in [1.82, 2.24) is 20.1 Å². The molecule has 5 heteroatoms. The first-order valence-corrected chi connectivity index (χ1v) is 8.47. The number of aromatic nitrogens is 3. The van der Waals surface area contributed by atoms with E-state index in [1.807, 2.05) is 42.5 Å². The summed E-state index contributed by atoms with van der Waals surface area (Å²) in [7, 11) is 0. The highest BCUT2D eigenvalue weighted by atomic mass is 16.1. The van der Waals surface area contributed by atoms with Gasteiger partial charge in [-0.1, -0.05) is 49.4 Å². The molecule has 3 rings (SSSR count). The van der Waals surface area contributed by atoms with Crippen LogP contribution >= 0.6 is 0 Å². The van der Waals surface area contributed by atoms with Gasteiger partial charge >= 0.3 is 0 Å². The Bertz CT molecular complexity index is 782. The molecule has 0 radical (unpaired) electrons. The molecule has 25 heavy (non-hydrogen) atoms. The van der Waals surface area contributed by atoms with Crippen LogP contribution in [-0.4, -0.2) is 27.2 Å². The number of benzene rings is 2. The Hall–Kier alpha value is -2.95. The van der Waals surface area contributed by atoms with Gasteiger partial charge in [-0.15, -0.1) is 0 Å². The quantitative estimate of drug-likeness (QED) is 0.721. The first-order chi connectivity index (χ1) is 12.2. The molecule has 0 aliphatic carbocycles. The molecule has 1 aromatic heterocycles. The van der Waals surface area contributed by atoms with Gasteiger partial charge in [-0.25, -0.2) is 9.67 Å². The van der Waals surface area contributed by atoms with Crippen molar-refractivity contribution in [3.63, 3.8) is 0 Å². The molecule has 2 aromatic carbocycles. The summed E-state index contributed by atoms with van der Waals surface area (Å²) in [5.41, 5.74) is 3.06. The molecule has 1 atom stereocenters. The molecule has 128 valence electrons. The molecule has 1 unspecified atom stereocenters. The van der Waals surface area contributed by atoms with Crippen molar-refractivity contribution in [1.29, 1.82) is 0 Å². The van der Waals surface area contributed by atoms with E-state index in [-0.39, 0.29) is 5.91 Å². The van der Waals surface area contributed by atoms with Crippen LogP contribution in [0.25, 0.3) is 0 Å². The molecule has 0 bridgehead atoms. The minimum atomic E-state index is -0.0347. The fourth-order valence-corrected chi connectivity index (χ4v) is 2.72. The minimum Gasteiger partial charge on any atom is -0.352 e. The highest BCUT2D eigenvalue weighted by Gasteiger charge is 2.08. The van der Waals surface area contributed by atoms with Crippen LogP contribution < -0.4 is 5.32 Å². The predicted octanol–water partition coefficient (Wildman–Crippen LogP) is 3.25. The summed E-state index contributed by atoms with van der Waals surface area (Å²) in [6, 6.07) is 18.0. The lowest BCUT2D eigenvalue weighted by Crippen LogP contribution is -2.25. The van der Waals surface area contributed by atoms with E-state index in [0.29, 0.717) is 24.6 Å². The van der Waals surface area contributed by atoms with Crippen LogP contribution in [0.4, 0.5) is 0 Å². The van der Waals surface area contributed by atoms with E-state index in [9.17, 15) is 4.79 Å². The van der Waals surface area contributed by atoms with E-state index in [1.54, 1.807) is 11.0 Å². The second-order valence-electron chi connectivity index (χ2n) is 6.15. The molecular weight excluding hydrogens is 312 g/mol. The van der Waals surface area contributed by atoms with E-state index in [0.717, 1.165) is 12.0 Å². The van der Waals surface area contributed by atoms with Gasteiger partial charge < -0.3 is 5.32 Å². The molecule has 1 N–H and O–H groups in total. The zero-order chi connectivity index (χ0) is 17.5. The van der Waals surface area contributed by atoms with Crippen molar-refractivity contribution < 1.29 is 4.79 Å². The molecule has 0 saturated heterocycles. The lowest BCUT2D eigenvalue weighted by molar-refractivity contribution is 0.0952. The second kappa shape index (κ2) is 8.24. The third-order valence-corrected chi connectivity index (χ3v) is 4.26. The van der Waals surface area contributed by atoms with Crippen LogP contribution in [0, 0.1) is 0 Å². The monoisotopic (exact) mass is 334 g/mol. The molecule has 0 saturated carbocycles. The fourth-order valence-electron chi connectivity index (χ4n) is 2.72. The van der Waals surface area contributed by atoms with Crippen molar-refractivity contribution in [2.45, 2.75) is 25.8 Å². The molecule has 0 aliphatic heterocycles. The lowest BCUT2D eigenvalue weighted by atomic mass is 9.98. The molecule has 0 spiro atoms. The maximum absolute atomic E-state index is 12.3. The molecular formula is C20H22N4O. The zero-order valence-corrected chi connectivity index (χ0v) is 14.3. The van der Waals surface area contributed by atoms with Gasteiger partial charge in [0.15, 0.2) is 0 Å². The Morgan fingerprint density at radius 3 is 2.56 bits per heavy atom. The first-order valence-electron chi connectivity index (χ1n) is 8.47. The maximum Gasteiger partial charge on any atom is 0.251 e. The van der Waals surface area contributed by atoms with Gasteiger partial charge in [-0.05, 0) is 35.6 Å². The van der Waals surface area contributed by atoms with Gasteiger partial charge in [0.2, 0.25) is 0 Å². The summed E-state index contributed by atoms with van der Waals surface area (Å²) in [6.45, 7) is 3.49. The minimum absolute atomic E-state index is 0.0347. The van der Waals surface area contributed by atoms with Crippen LogP contribution in [-0.2, 0) is 6.54 Å². The zero-order valence-electron chi connectivity index (χ0n) is 14.3. The Morgan fingerprint density at radius 1 is 1.12 bits per heavy atom. The average molecular weight is 334 g/mol. The normalized spacial score (nSPS) is 11.9. The number of amides is 1. The lowest BCUT2D eigenvalue weighted by Gasteiger charge is -2.12. The summed E-state index contributed by atoms with van der Waals surface area (Å²) in [4.78, 5) is 16.2. The van der Waals surface area contributed by atoms with Crippen molar-refractivity contribution in [2.24, 2.45) is 0 Å². The summed E-state index contributed by atoms with van der Waals surface area (Å²) in [5, 5.41) is 7.08. The van der Waals surface area contributed by atoms with E-state index in [2.05, 4.69) is 34.5 Å². The van der Waals surface area contributed by atoms with Crippen LogP contribution in [0.2, 0.25) is 0 Å². The Morgan fingerprint density at radius 2 is 1.88 bits per heavy atom. The Labute approximate surface area is 147 Å². The number of hydrogen-bond donors (Lipinski definition) is 1. The molecule has 1 heterocycles. The van der Waals surface area contributed by atoms with Crippen LogP contribution in [0.1, 0.15) is 40.7 Å². The molecule has 1 amide bonds. The van der Waals surface area contributed by atoms with Gasteiger partial charge in [0.25, 0.3) is 5.91 Å². The Kier molecular flexibility index (Phi) is 5.57. The largest absolute Gasteiger partial charge is 0.352 e. The molecule has 5 nitrogen and oxygen atoms in total. The van der Waals surface area contributed by atoms with Crippen LogP contribution in [0.3, 0.4) is 0 Å². The van der Waals surface area contributed by atoms with Crippen molar-refractivity contribution in [2.75, 3.05) is 6.54 Å². The van der Waals surface area contributed by atoms with Gasteiger partial charge in [-0.3, -0.25) is 4.79 Å². The molecule has 0 fully saturated rings. The summed E-state index contributed by atoms with van der Waals surface area (Å²) >= 11 is 0. The fraction of sp³-hybridized carbons (Fsp3) is 0.250. The van der Waals surface area contributed by atoms with Crippen molar-refractivity contribution >= 4 is 5.91 Å². The van der Waals surface area contributed by atoms with Crippen molar-refractivity contribution in [3.05, 3.63) is 83.9 Å². The van der Waals surface area contributed by atoms with E-state index in [4.69, 9.17) is 0 Å². The second-order valence-corrected chi connectivity index (χ2v) is 6.15. The van der Waals surface area contributed by atoms with E-state index < -0.39 is 0 Å². The standard InChI is InChI=1S/C20H22N4O/c1-16(18-5-3-2-4-6-18)11-12-22-20(25)19-9-7-17(8-10-19)13-24-15-21-14-23-24/h2-10,14-16H,11-13H2,1H3,(H,22,25). The Balaban J connectivity index is 1.48. The third-order valence-electron chi connectivity index (χ3n) is 4.26. The summed E-state index contributed by atoms with van der Waals surface area (Å²) in [6.07, 6.45) is 4.10. The average Bonchev–Trinajstić information content (AvgIpc) is 3.16. The SMILES string of the molecule is CC(CCNC(=O)c1ccc(Cn2cncn2)cc1)c1ccccc1. The molecule has 0 aliphatic rings. The number of carbonyl (C=O) groups excluding carboxylic acids is 1. The van der Waals surface area contributed by atoms with Gasteiger partial charge in [0, 0.05) is 12.1 Å². The topological polar surface area (TPSA) is 59.8 Å². The number of nitrogens with one attached hydrogen (secondary N) is 1. The van der Waals surface area contributed by atoms with Gasteiger partial charge in [0.1, 0.15) is 12.7 Å². The van der Waals surface area contributed by atoms with Crippen LogP contribution in [0.15, 0.2) is 67.3 Å². The number of hydrogen-bond acceptors (Lipinski definition) is 3. The van der Waals surface area contributed by atoms with Crippen molar-refractivity contribution in [3.8, 4) is 0 Å². The highest BCUT2D eigenvalue weighted by Crippen LogP contribution is 2.17. The van der Waals surface area contributed by atoms with E-state index >= 15 is 0 Å². The predicted molar refractivity (Wildman–Crippen MR) is 97.4 cm³/mol. The van der Waals surface area contributed by atoms with Gasteiger partial charge in [0.05, 0.1) is 6.54 Å². The first kappa shape index (κ1) is 16.9. The number of rotatable bonds is 7. The maximum atomic E-state index is 12.3. The van der Waals surface area contributed by atoms with Gasteiger partial charge in [-0.2, -0.15) is 5.10 Å².